The lowest BCUT2D eigenvalue weighted by molar-refractivity contribution is 0.219. The molecule has 0 N–H and O–H groups in total. The van der Waals surface area contributed by atoms with Crippen molar-refractivity contribution in [2.75, 3.05) is 0 Å². The molecular formula is C14H11BrN4O. The Hall–Kier alpha value is -2.08. The Morgan fingerprint density at radius 2 is 1.85 bits per heavy atom. The van der Waals surface area contributed by atoms with Crippen LogP contribution in [0.15, 0.2) is 47.5 Å². The number of hydrogen-bond acceptors (Lipinski definition) is 5. The predicted molar refractivity (Wildman–Crippen MR) is 78.3 cm³/mol. The van der Waals surface area contributed by atoms with Gasteiger partial charge in [-0.15, -0.1) is 0 Å². The molecule has 0 aliphatic carbocycles. The second kappa shape index (κ2) is 5.50. The molecule has 0 aliphatic heterocycles. The Balaban J connectivity index is 1.96. The van der Waals surface area contributed by atoms with E-state index in [1.54, 1.807) is 12.4 Å². The minimum absolute atomic E-state index is 0.161. The number of aromatic nitrogens is 4. The summed E-state index contributed by atoms with van der Waals surface area (Å²) in [6.45, 7) is 1.96. The highest BCUT2D eigenvalue weighted by Gasteiger charge is 2.14. The van der Waals surface area contributed by atoms with Crippen LogP contribution in [0.2, 0.25) is 0 Å². The first kappa shape index (κ1) is 12.9. The third-order valence-corrected chi connectivity index (χ3v) is 3.59. The minimum Gasteiger partial charge on any atom is -0.468 e. The smallest absolute Gasteiger partial charge is 0.246 e. The summed E-state index contributed by atoms with van der Waals surface area (Å²) in [5, 5.41) is 0. The van der Waals surface area contributed by atoms with Gasteiger partial charge in [-0.2, -0.15) is 4.98 Å². The molecule has 5 nitrogen and oxygen atoms in total. The highest BCUT2D eigenvalue weighted by molar-refractivity contribution is 9.10. The third kappa shape index (κ3) is 2.46. The number of benzene rings is 1. The summed E-state index contributed by atoms with van der Waals surface area (Å²) in [5.74, 6) is 0.436. The molecule has 0 amide bonds. The van der Waals surface area contributed by atoms with Gasteiger partial charge >= 0.3 is 0 Å². The lowest BCUT2D eigenvalue weighted by atomic mass is 10.1. The molecule has 2 aromatic heterocycles. The average Bonchev–Trinajstić information content (AvgIpc) is 2.48. The summed E-state index contributed by atoms with van der Waals surface area (Å²) in [5.41, 5.74) is 2.13. The van der Waals surface area contributed by atoms with Crippen LogP contribution in [0.25, 0.3) is 11.2 Å². The molecule has 0 spiro atoms. The van der Waals surface area contributed by atoms with Gasteiger partial charge in [-0.3, -0.25) is 0 Å². The lowest BCUT2D eigenvalue weighted by Crippen LogP contribution is -2.06. The summed E-state index contributed by atoms with van der Waals surface area (Å²) >= 11 is 3.52. The Morgan fingerprint density at radius 3 is 2.70 bits per heavy atom. The van der Waals surface area contributed by atoms with E-state index < -0.39 is 0 Å². The van der Waals surface area contributed by atoms with Gasteiger partial charge in [0.05, 0.1) is 0 Å². The largest absolute Gasteiger partial charge is 0.468 e. The van der Waals surface area contributed by atoms with Crippen molar-refractivity contribution in [3.63, 3.8) is 0 Å². The van der Waals surface area contributed by atoms with Crippen molar-refractivity contribution in [2.24, 2.45) is 0 Å². The predicted octanol–water partition coefficient (Wildman–Crippen LogP) is 3.32. The maximum absolute atomic E-state index is 5.91. The first-order chi connectivity index (χ1) is 9.75. The van der Waals surface area contributed by atoms with E-state index in [2.05, 4.69) is 35.9 Å². The molecule has 1 unspecified atom stereocenters. The Labute approximate surface area is 124 Å². The van der Waals surface area contributed by atoms with Gasteiger partial charge < -0.3 is 4.74 Å². The molecule has 100 valence electrons. The normalized spacial score (nSPS) is 12.3. The Morgan fingerprint density at radius 1 is 1.05 bits per heavy atom. The quantitative estimate of drug-likeness (QED) is 0.737. The van der Waals surface area contributed by atoms with E-state index in [0.717, 1.165) is 10.0 Å². The second-order valence-corrected chi connectivity index (χ2v) is 5.04. The zero-order valence-corrected chi connectivity index (χ0v) is 12.3. The van der Waals surface area contributed by atoms with E-state index in [-0.39, 0.29) is 6.10 Å². The molecule has 3 aromatic rings. The summed E-state index contributed by atoms with van der Waals surface area (Å²) < 4.78 is 6.91. The average molecular weight is 331 g/mol. The van der Waals surface area contributed by atoms with Crippen LogP contribution in [0.4, 0.5) is 0 Å². The van der Waals surface area contributed by atoms with Crippen molar-refractivity contribution in [1.29, 1.82) is 0 Å². The summed E-state index contributed by atoms with van der Waals surface area (Å²) in [7, 11) is 0. The van der Waals surface area contributed by atoms with Crippen LogP contribution in [0.3, 0.4) is 0 Å². The van der Waals surface area contributed by atoms with Crippen LogP contribution >= 0.6 is 15.9 Å². The number of halogens is 1. The molecule has 0 saturated carbocycles. The minimum atomic E-state index is -0.161. The number of rotatable bonds is 3. The van der Waals surface area contributed by atoms with Crippen LogP contribution in [0, 0.1) is 0 Å². The van der Waals surface area contributed by atoms with Gasteiger partial charge in [0.15, 0.2) is 11.2 Å². The van der Waals surface area contributed by atoms with Crippen LogP contribution in [0.1, 0.15) is 18.6 Å². The maximum Gasteiger partial charge on any atom is 0.246 e. The van der Waals surface area contributed by atoms with Crippen molar-refractivity contribution < 1.29 is 4.74 Å². The van der Waals surface area contributed by atoms with Crippen molar-refractivity contribution in [3.8, 4) is 5.88 Å². The van der Waals surface area contributed by atoms with Gasteiger partial charge in [-0.25, -0.2) is 15.0 Å². The van der Waals surface area contributed by atoms with Crippen LogP contribution in [-0.2, 0) is 0 Å². The number of nitrogens with zero attached hydrogens (tertiary/aromatic N) is 4. The Bertz CT molecular complexity index is 745. The van der Waals surface area contributed by atoms with E-state index in [9.17, 15) is 0 Å². The van der Waals surface area contributed by atoms with E-state index >= 15 is 0 Å². The molecule has 2 heterocycles. The first-order valence-electron chi connectivity index (χ1n) is 6.08. The molecule has 0 radical (unpaired) electrons. The molecule has 20 heavy (non-hydrogen) atoms. The highest BCUT2D eigenvalue weighted by atomic mass is 79.9. The first-order valence-corrected chi connectivity index (χ1v) is 6.88. The van der Waals surface area contributed by atoms with Crippen LogP contribution in [0.5, 0.6) is 5.88 Å². The van der Waals surface area contributed by atoms with E-state index in [0.29, 0.717) is 17.0 Å². The molecule has 1 atom stereocenters. The van der Waals surface area contributed by atoms with Crippen molar-refractivity contribution in [3.05, 3.63) is 53.0 Å². The van der Waals surface area contributed by atoms with Gasteiger partial charge in [0.1, 0.15) is 12.4 Å². The van der Waals surface area contributed by atoms with E-state index in [1.165, 1.54) is 6.33 Å². The molecule has 0 aliphatic rings. The fourth-order valence-electron chi connectivity index (χ4n) is 1.90. The second-order valence-electron chi connectivity index (χ2n) is 4.19. The SMILES string of the molecule is CC(Oc1ncnc2nccnc12)c1ccccc1Br. The van der Waals surface area contributed by atoms with Crippen molar-refractivity contribution >= 4 is 27.1 Å². The summed E-state index contributed by atoms with van der Waals surface area (Å²) in [6.07, 6.45) is 4.46. The Kier molecular flexibility index (Phi) is 3.56. The maximum atomic E-state index is 5.91. The van der Waals surface area contributed by atoms with Crippen molar-refractivity contribution in [1.82, 2.24) is 19.9 Å². The number of ether oxygens (including phenoxy) is 1. The number of hydrogen-bond donors (Lipinski definition) is 0. The molecule has 0 saturated heterocycles. The third-order valence-electron chi connectivity index (χ3n) is 2.87. The fourth-order valence-corrected chi connectivity index (χ4v) is 2.50. The molecule has 0 fully saturated rings. The number of fused-ring (bicyclic) bond motifs is 1. The van der Waals surface area contributed by atoms with E-state index in [4.69, 9.17) is 4.74 Å². The van der Waals surface area contributed by atoms with Crippen LogP contribution < -0.4 is 4.74 Å². The van der Waals surface area contributed by atoms with Gasteiger partial charge in [-0.1, -0.05) is 34.1 Å². The van der Waals surface area contributed by atoms with Crippen LogP contribution in [-0.4, -0.2) is 19.9 Å². The van der Waals surface area contributed by atoms with Gasteiger partial charge in [0.25, 0.3) is 0 Å². The van der Waals surface area contributed by atoms with E-state index in [1.807, 2.05) is 31.2 Å². The summed E-state index contributed by atoms with van der Waals surface area (Å²) in [6, 6.07) is 7.92. The molecule has 0 bridgehead atoms. The fraction of sp³-hybridized carbons (Fsp3) is 0.143. The topological polar surface area (TPSA) is 60.8 Å². The molecule has 6 heteroatoms. The molecular weight excluding hydrogens is 320 g/mol. The molecule has 1 aromatic carbocycles. The zero-order valence-electron chi connectivity index (χ0n) is 10.7. The highest BCUT2D eigenvalue weighted by Crippen LogP contribution is 2.28. The summed E-state index contributed by atoms with van der Waals surface area (Å²) in [4.78, 5) is 16.6. The van der Waals surface area contributed by atoms with Crippen molar-refractivity contribution in [2.45, 2.75) is 13.0 Å². The monoisotopic (exact) mass is 330 g/mol. The van der Waals surface area contributed by atoms with Gasteiger partial charge in [-0.05, 0) is 13.0 Å². The molecule has 3 rings (SSSR count). The van der Waals surface area contributed by atoms with Gasteiger partial charge in [0.2, 0.25) is 5.88 Å². The van der Waals surface area contributed by atoms with Gasteiger partial charge in [0, 0.05) is 22.4 Å². The zero-order chi connectivity index (χ0) is 13.9. The standard InChI is InChI=1S/C14H11BrN4O/c1-9(10-4-2-3-5-11(10)15)20-14-12-13(18-8-19-14)17-7-6-16-12/h2-9H,1H3. The lowest BCUT2D eigenvalue weighted by Gasteiger charge is -2.15.